The van der Waals surface area contributed by atoms with Crippen LogP contribution in [0.1, 0.15) is 6.92 Å². The molecule has 0 atom stereocenters. The first-order valence-corrected chi connectivity index (χ1v) is 4.59. The summed E-state index contributed by atoms with van der Waals surface area (Å²) in [5.74, 6) is 0. The van der Waals surface area contributed by atoms with E-state index in [0.29, 0.717) is 10.3 Å². The van der Waals surface area contributed by atoms with Gasteiger partial charge < -0.3 is 0 Å². The molecule has 0 aliphatic carbocycles. The summed E-state index contributed by atoms with van der Waals surface area (Å²) in [5, 5.41) is 14.2. The highest BCUT2D eigenvalue weighted by atomic mass is 79.9. The third-order valence-corrected chi connectivity index (χ3v) is 1.59. The number of rotatable bonds is 3. The molecule has 0 saturated heterocycles. The molecule has 1 rings (SSSR count). The lowest BCUT2D eigenvalue weighted by atomic mass is 10.3. The van der Waals surface area contributed by atoms with Gasteiger partial charge in [0.15, 0.2) is 0 Å². The number of nitrogens with zero attached hydrogens (tertiary/aromatic N) is 2. The van der Waals surface area contributed by atoms with Crippen molar-refractivity contribution in [1.29, 1.82) is 0 Å². The van der Waals surface area contributed by atoms with Crippen LogP contribution in [0.3, 0.4) is 0 Å². The first-order valence-electron chi connectivity index (χ1n) is 3.80. The molecule has 0 unspecified atom stereocenters. The molecule has 6 heteroatoms. The lowest BCUT2D eigenvalue weighted by Gasteiger charge is -1.98. The van der Waals surface area contributed by atoms with Gasteiger partial charge in [0.2, 0.25) is 0 Å². The fraction of sp³-hybridized carbons (Fsp3) is 0.125. The standard InChI is InChI=1S/C8H8BrN3O2/c1-6(9)10-11-7-2-4-8(5-3-7)12(13)14/h2-5,11H,1H3/b10-6-. The molecule has 5 nitrogen and oxygen atoms in total. The summed E-state index contributed by atoms with van der Waals surface area (Å²) in [7, 11) is 0. The lowest BCUT2D eigenvalue weighted by Crippen LogP contribution is -1.92. The van der Waals surface area contributed by atoms with Crippen molar-refractivity contribution in [1.82, 2.24) is 0 Å². The molecular weight excluding hydrogens is 250 g/mol. The van der Waals surface area contributed by atoms with Crippen molar-refractivity contribution in [3.63, 3.8) is 0 Å². The minimum atomic E-state index is -0.442. The van der Waals surface area contributed by atoms with Crippen molar-refractivity contribution >= 4 is 31.9 Å². The molecule has 0 bridgehead atoms. The smallest absolute Gasteiger partial charge is 0.269 e. The Bertz CT molecular complexity index is 357. The SMILES string of the molecule is C/C(Br)=N/Nc1ccc([N+](=O)[O-])cc1. The van der Waals surface area contributed by atoms with Gasteiger partial charge in [-0.2, -0.15) is 5.10 Å². The number of benzene rings is 1. The van der Waals surface area contributed by atoms with Gasteiger partial charge in [-0.05, 0) is 35.0 Å². The van der Waals surface area contributed by atoms with Crippen LogP contribution < -0.4 is 5.43 Å². The van der Waals surface area contributed by atoms with Crippen LogP contribution in [0.2, 0.25) is 0 Å². The van der Waals surface area contributed by atoms with Crippen LogP contribution in [-0.4, -0.2) is 9.54 Å². The third kappa shape index (κ3) is 3.14. The van der Waals surface area contributed by atoms with Crippen molar-refractivity contribution < 1.29 is 4.92 Å². The number of nitro benzene ring substituents is 1. The highest BCUT2D eigenvalue weighted by molar-refractivity contribution is 9.18. The zero-order valence-corrected chi connectivity index (χ0v) is 8.98. The monoisotopic (exact) mass is 257 g/mol. The molecule has 0 heterocycles. The summed E-state index contributed by atoms with van der Waals surface area (Å²) in [6.45, 7) is 1.78. The van der Waals surface area contributed by atoms with Gasteiger partial charge in [0, 0.05) is 12.1 Å². The molecule has 0 aliphatic heterocycles. The van der Waals surface area contributed by atoms with Crippen LogP contribution in [0.25, 0.3) is 0 Å². The largest absolute Gasteiger partial charge is 0.278 e. The number of hydrogen-bond acceptors (Lipinski definition) is 4. The van der Waals surface area contributed by atoms with Crippen molar-refractivity contribution in [3.05, 3.63) is 34.4 Å². The molecule has 0 aliphatic rings. The average Bonchev–Trinajstić information content (AvgIpc) is 2.15. The zero-order chi connectivity index (χ0) is 10.6. The van der Waals surface area contributed by atoms with E-state index in [-0.39, 0.29) is 5.69 Å². The van der Waals surface area contributed by atoms with Crippen molar-refractivity contribution in [3.8, 4) is 0 Å². The summed E-state index contributed by atoms with van der Waals surface area (Å²) in [4.78, 5) is 9.89. The van der Waals surface area contributed by atoms with E-state index in [0.717, 1.165) is 0 Å². The van der Waals surface area contributed by atoms with Crippen LogP contribution in [0.15, 0.2) is 29.4 Å². The van der Waals surface area contributed by atoms with E-state index in [4.69, 9.17) is 0 Å². The Morgan fingerprint density at radius 1 is 1.50 bits per heavy atom. The summed E-state index contributed by atoms with van der Waals surface area (Å²) in [6, 6.07) is 6.03. The molecule has 0 saturated carbocycles. The Morgan fingerprint density at radius 3 is 2.50 bits per heavy atom. The highest BCUT2D eigenvalue weighted by Crippen LogP contribution is 2.15. The van der Waals surface area contributed by atoms with Crippen LogP contribution in [0, 0.1) is 10.1 Å². The Kier molecular flexibility index (Phi) is 3.58. The minimum Gasteiger partial charge on any atom is -0.278 e. The second-order valence-corrected chi connectivity index (χ2v) is 3.67. The van der Waals surface area contributed by atoms with E-state index in [1.807, 2.05) is 0 Å². The van der Waals surface area contributed by atoms with E-state index in [1.54, 1.807) is 19.1 Å². The molecule has 74 valence electrons. The second-order valence-electron chi connectivity index (χ2n) is 2.52. The number of nitrogens with one attached hydrogen (secondary N) is 1. The topological polar surface area (TPSA) is 67.5 Å². The molecule has 14 heavy (non-hydrogen) atoms. The van der Waals surface area contributed by atoms with Crippen molar-refractivity contribution in [2.45, 2.75) is 6.92 Å². The normalized spacial score (nSPS) is 11.1. The molecular formula is C8H8BrN3O2. The van der Waals surface area contributed by atoms with Crippen LogP contribution in [0.5, 0.6) is 0 Å². The van der Waals surface area contributed by atoms with Gasteiger partial charge in [-0.3, -0.25) is 15.5 Å². The fourth-order valence-corrected chi connectivity index (χ4v) is 0.888. The first kappa shape index (κ1) is 10.6. The molecule has 1 aromatic carbocycles. The van der Waals surface area contributed by atoms with Gasteiger partial charge in [-0.15, -0.1) is 0 Å². The number of non-ortho nitro benzene ring substituents is 1. The number of hydrazone groups is 1. The number of halogens is 1. The van der Waals surface area contributed by atoms with Gasteiger partial charge in [0.05, 0.1) is 10.6 Å². The van der Waals surface area contributed by atoms with Gasteiger partial charge in [-0.1, -0.05) is 0 Å². The maximum atomic E-state index is 10.3. The molecule has 0 aromatic heterocycles. The predicted octanol–water partition coefficient (Wildman–Crippen LogP) is 2.74. The van der Waals surface area contributed by atoms with Crippen LogP contribution in [-0.2, 0) is 0 Å². The van der Waals surface area contributed by atoms with Gasteiger partial charge in [0.25, 0.3) is 5.69 Å². The number of hydrogen-bond donors (Lipinski definition) is 1. The third-order valence-electron chi connectivity index (χ3n) is 1.42. The van der Waals surface area contributed by atoms with E-state index in [9.17, 15) is 10.1 Å². The number of nitro groups is 1. The maximum Gasteiger partial charge on any atom is 0.269 e. The Morgan fingerprint density at radius 2 is 2.07 bits per heavy atom. The minimum absolute atomic E-state index is 0.0649. The predicted molar refractivity (Wildman–Crippen MR) is 58.8 cm³/mol. The average molecular weight is 258 g/mol. The summed E-state index contributed by atoms with van der Waals surface area (Å²) < 4.78 is 0.704. The van der Waals surface area contributed by atoms with E-state index < -0.39 is 4.92 Å². The number of anilines is 1. The molecule has 0 radical (unpaired) electrons. The van der Waals surface area contributed by atoms with Crippen molar-refractivity contribution in [2.75, 3.05) is 5.43 Å². The molecule has 1 aromatic rings. The van der Waals surface area contributed by atoms with Crippen molar-refractivity contribution in [2.24, 2.45) is 5.10 Å². The van der Waals surface area contributed by atoms with Gasteiger partial charge >= 0.3 is 0 Å². The van der Waals surface area contributed by atoms with E-state index in [2.05, 4.69) is 26.5 Å². The Hall–Kier alpha value is -1.43. The lowest BCUT2D eigenvalue weighted by molar-refractivity contribution is -0.384. The molecule has 0 spiro atoms. The van der Waals surface area contributed by atoms with E-state index in [1.165, 1.54) is 12.1 Å². The van der Waals surface area contributed by atoms with Gasteiger partial charge in [0.1, 0.15) is 4.62 Å². The quantitative estimate of drug-likeness (QED) is 0.515. The molecule has 1 N–H and O–H groups in total. The summed E-state index contributed by atoms with van der Waals surface area (Å²) >= 11 is 3.15. The fourth-order valence-electron chi connectivity index (χ4n) is 0.799. The van der Waals surface area contributed by atoms with Crippen LogP contribution in [0.4, 0.5) is 11.4 Å². The van der Waals surface area contributed by atoms with Crippen LogP contribution >= 0.6 is 15.9 Å². The van der Waals surface area contributed by atoms with Gasteiger partial charge in [-0.25, -0.2) is 0 Å². The molecule has 0 amide bonds. The first-order chi connectivity index (χ1) is 6.59. The Balaban J connectivity index is 2.74. The highest BCUT2D eigenvalue weighted by Gasteiger charge is 2.02. The second kappa shape index (κ2) is 4.71. The summed E-state index contributed by atoms with van der Waals surface area (Å²) in [5.41, 5.74) is 3.50. The molecule has 0 fully saturated rings. The summed E-state index contributed by atoms with van der Waals surface area (Å²) in [6.07, 6.45) is 0. The maximum absolute atomic E-state index is 10.3. The zero-order valence-electron chi connectivity index (χ0n) is 7.40. The van der Waals surface area contributed by atoms with E-state index >= 15 is 0 Å². The Labute approximate surface area is 89.1 Å².